The van der Waals surface area contributed by atoms with Gasteiger partial charge in [-0.25, -0.2) is 0 Å². The zero-order valence-electron chi connectivity index (χ0n) is 39.6. The highest BCUT2D eigenvalue weighted by molar-refractivity contribution is 6.01. The molecule has 3 aliphatic heterocycles. The fourth-order valence-corrected chi connectivity index (χ4v) is 11.6. The summed E-state index contributed by atoms with van der Waals surface area (Å²) in [6.07, 6.45) is -4.82. The summed E-state index contributed by atoms with van der Waals surface area (Å²) in [5.74, 6) is -7.39. The Morgan fingerprint density at radius 1 is 0.413 bits per heavy atom. The van der Waals surface area contributed by atoms with Gasteiger partial charge in [-0.3, -0.25) is 4.79 Å². The van der Waals surface area contributed by atoms with Gasteiger partial charge in [0.15, 0.2) is 5.78 Å². The zero-order chi connectivity index (χ0) is 52.4. The maximum absolute atomic E-state index is 15.2. The van der Waals surface area contributed by atoms with E-state index in [2.05, 4.69) is 0 Å². The molecular formula is C60H50O15. The Hall–Kier alpha value is -9.05. The van der Waals surface area contributed by atoms with Crippen LogP contribution in [0.25, 0.3) is 0 Å². The minimum atomic E-state index is -1.19. The number of Topliss-reactive ketones (excluding diaryl/α,β-unsaturated/α-hetero) is 1. The largest absolute Gasteiger partial charge is 0.508 e. The van der Waals surface area contributed by atoms with Crippen molar-refractivity contribution < 1.29 is 75.2 Å². The van der Waals surface area contributed by atoms with Crippen molar-refractivity contribution in [2.75, 3.05) is 0 Å². The van der Waals surface area contributed by atoms with Crippen molar-refractivity contribution in [1.29, 1.82) is 0 Å². The molecule has 75 heavy (non-hydrogen) atoms. The van der Waals surface area contributed by atoms with Crippen molar-refractivity contribution in [3.05, 3.63) is 214 Å². The molecule has 2 fully saturated rings. The molecule has 0 saturated carbocycles. The van der Waals surface area contributed by atoms with Crippen LogP contribution in [-0.2, 0) is 15.9 Å². The lowest BCUT2D eigenvalue weighted by Crippen LogP contribution is -2.34. The molecule has 15 heteroatoms. The smallest absolute Gasteiger partial charge is 0.173 e. The molecule has 8 aromatic carbocycles. The number of phenolic OH excluding ortho intramolecular Hbond substituents is 11. The number of fused-ring (bicyclic) bond motifs is 3. The van der Waals surface area contributed by atoms with Crippen molar-refractivity contribution in [3.63, 3.8) is 0 Å². The third kappa shape index (κ3) is 8.91. The minimum Gasteiger partial charge on any atom is -0.508 e. The van der Waals surface area contributed by atoms with Crippen LogP contribution in [0.15, 0.2) is 164 Å². The Labute approximate surface area is 428 Å². The molecule has 0 bridgehead atoms. The van der Waals surface area contributed by atoms with Gasteiger partial charge in [0.2, 0.25) is 0 Å². The first-order chi connectivity index (χ1) is 36.1. The van der Waals surface area contributed by atoms with Gasteiger partial charge in [0, 0.05) is 70.2 Å². The highest BCUT2D eigenvalue weighted by atomic mass is 16.5. The molecule has 0 aliphatic carbocycles. The molecule has 0 spiro atoms. The maximum atomic E-state index is 15.2. The van der Waals surface area contributed by atoms with Crippen molar-refractivity contribution in [2.24, 2.45) is 23.7 Å². The van der Waals surface area contributed by atoms with E-state index in [1.54, 1.807) is 60.7 Å². The molecule has 11 rings (SSSR count). The lowest BCUT2D eigenvalue weighted by molar-refractivity contribution is -0.00737. The van der Waals surface area contributed by atoms with Crippen molar-refractivity contribution in [1.82, 2.24) is 0 Å². The van der Waals surface area contributed by atoms with E-state index in [4.69, 9.17) is 14.2 Å². The Morgan fingerprint density at radius 3 is 1.51 bits per heavy atom. The molecular weight excluding hydrogens is 961 g/mol. The third-order valence-corrected chi connectivity index (χ3v) is 15.0. The second-order valence-electron chi connectivity index (χ2n) is 19.5. The molecule has 0 radical (unpaired) electrons. The Balaban J connectivity index is 1.14. The number of ketones is 1. The second-order valence-corrected chi connectivity index (χ2v) is 19.5. The molecule has 0 unspecified atom stereocenters. The molecule has 2 saturated heterocycles. The van der Waals surface area contributed by atoms with Gasteiger partial charge in [-0.15, -0.1) is 0 Å². The van der Waals surface area contributed by atoms with Crippen LogP contribution in [0, 0.1) is 23.7 Å². The lowest BCUT2D eigenvalue weighted by Gasteiger charge is -2.40. The predicted octanol–water partition coefficient (Wildman–Crippen LogP) is 10.6. The number of aromatic hydroxyl groups is 11. The van der Waals surface area contributed by atoms with Gasteiger partial charge in [0.1, 0.15) is 75.1 Å². The summed E-state index contributed by atoms with van der Waals surface area (Å²) < 4.78 is 21.1. The average molecular weight is 1010 g/mol. The third-order valence-electron chi connectivity index (χ3n) is 15.0. The van der Waals surface area contributed by atoms with Gasteiger partial charge in [0.05, 0.1) is 35.9 Å². The van der Waals surface area contributed by atoms with Crippen LogP contribution in [0.2, 0.25) is 0 Å². The fraction of sp³-hybridized carbons (Fsp3) is 0.183. The summed E-state index contributed by atoms with van der Waals surface area (Å²) in [6.45, 7) is 0. The summed E-state index contributed by atoms with van der Waals surface area (Å²) in [5.41, 5.74) is 3.23. The van der Waals surface area contributed by atoms with Crippen molar-refractivity contribution >= 4 is 5.78 Å². The molecule has 3 heterocycles. The van der Waals surface area contributed by atoms with Gasteiger partial charge in [-0.1, -0.05) is 54.6 Å². The number of phenols is 11. The standard InChI is InChI=1S/C60H50O15/c61-33-9-1-29(2-10-33)23-45-52(55(72)41-21-18-38(66)25-47(41)69)56(30-3-11-34(62)12-4-30)74-59(45)44-27-43(48(70)28-49(44)71)51(40-20-17-37(65)24-46(40)68)53-54-58(32-7-15-36(64)16-8-32)73-50-26-39(67)19-22-42(50)60(54)75-57(53)31-5-13-35(63)14-6-31/h1-22,24-28,45,51-54,56-71H,23H2/t45-,51+,52+,53-,54+,56-,57-,58-,59-,60+/m0/s1. The van der Waals surface area contributed by atoms with E-state index in [1.165, 1.54) is 91.0 Å². The van der Waals surface area contributed by atoms with Crippen LogP contribution < -0.4 is 4.74 Å². The minimum absolute atomic E-state index is 0.00640. The molecule has 0 amide bonds. The molecule has 380 valence electrons. The molecule has 15 nitrogen and oxygen atoms in total. The Kier molecular flexibility index (Phi) is 12.3. The van der Waals surface area contributed by atoms with Crippen molar-refractivity contribution in [3.8, 4) is 69.0 Å². The number of rotatable bonds is 11. The number of carbonyl (C=O) groups is 1. The normalized spacial score (nSPS) is 23.2. The maximum Gasteiger partial charge on any atom is 0.173 e. The Bertz CT molecular complexity index is 3430. The first-order valence-corrected chi connectivity index (χ1v) is 24.2. The SMILES string of the molecule is O=C(c1ccc(O)cc1O)[C@H]1[C@H](Cc2ccc(O)cc2)[C@H](c2cc([C@@H](c3ccc(O)cc3O)[C@H]3[C@H]4[C@H](O[C@H]3c3ccc(O)cc3)c3ccc(O)cc3O[C@H]4c3ccc(O)cc3)c(O)cc2O)O[C@H]1c1ccc(O)cc1. The number of benzene rings is 8. The van der Waals surface area contributed by atoms with Gasteiger partial charge in [0.25, 0.3) is 0 Å². The van der Waals surface area contributed by atoms with Gasteiger partial charge < -0.3 is 70.4 Å². The van der Waals surface area contributed by atoms with Crippen LogP contribution in [0.4, 0.5) is 0 Å². The summed E-state index contributed by atoms with van der Waals surface area (Å²) in [6, 6.07) is 40.4. The summed E-state index contributed by atoms with van der Waals surface area (Å²) in [7, 11) is 0. The van der Waals surface area contributed by atoms with E-state index in [0.717, 1.165) is 12.1 Å². The fourth-order valence-electron chi connectivity index (χ4n) is 11.6. The van der Waals surface area contributed by atoms with E-state index in [-0.39, 0.29) is 74.7 Å². The molecule has 0 aromatic heterocycles. The van der Waals surface area contributed by atoms with Crippen molar-refractivity contribution in [2.45, 2.75) is 42.9 Å². The molecule has 3 aliphatic rings. The Morgan fingerprint density at radius 2 is 0.907 bits per heavy atom. The molecule has 11 N–H and O–H groups in total. The number of hydrogen-bond acceptors (Lipinski definition) is 15. The summed E-state index contributed by atoms with van der Waals surface area (Å²) in [5, 5.41) is 121. The highest BCUT2D eigenvalue weighted by Gasteiger charge is 2.58. The lowest BCUT2D eigenvalue weighted by atomic mass is 9.66. The number of carbonyl (C=O) groups excluding carboxylic acids is 1. The first kappa shape index (κ1) is 48.2. The molecule has 8 aromatic rings. The second kappa shape index (κ2) is 19.1. The van der Waals surface area contributed by atoms with Gasteiger partial charge in [-0.2, -0.15) is 0 Å². The topological polar surface area (TPSA) is 267 Å². The zero-order valence-corrected chi connectivity index (χ0v) is 39.6. The van der Waals surface area contributed by atoms with E-state index in [0.29, 0.717) is 33.6 Å². The number of ether oxygens (including phenoxy) is 3. The average Bonchev–Trinajstić information content (AvgIpc) is 3.98. The predicted molar refractivity (Wildman–Crippen MR) is 270 cm³/mol. The van der Waals surface area contributed by atoms with E-state index < -0.39 is 83.1 Å². The van der Waals surface area contributed by atoms with Crippen LogP contribution in [0.3, 0.4) is 0 Å². The van der Waals surface area contributed by atoms with Crippen LogP contribution in [0.5, 0.6) is 69.0 Å². The first-order valence-electron chi connectivity index (χ1n) is 24.2. The van der Waals surface area contributed by atoms with E-state index in [9.17, 15) is 56.2 Å². The quantitative estimate of drug-likeness (QED) is 0.0538. The summed E-state index contributed by atoms with van der Waals surface area (Å²) >= 11 is 0. The van der Waals surface area contributed by atoms with Crippen LogP contribution in [0.1, 0.15) is 91.3 Å². The number of hydrogen-bond donors (Lipinski definition) is 11. The van der Waals surface area contributed by atoms with Gasteiger partial charge in [-0.05, 0) is 114 Å². The van der Waals surface area contributed by atoms with Crippen LogP contribution >= 0.6 is 0 Å². The van der Waals surface area contributed by atoms with Crippen LogP contribution in [-0.4, -0.2) is 62.0 Å². The monoisotopic (exact) mass is 1010 g/mol. The molecule has 10 atom stereocenters. The highest BCUT2D eigenvalue weighted by Crippen LogP contribution is 2.65. The van der Waals surface area contributed by atoms with E-state index >= 15 is 4.79 Å². The van der Waals surface area contributed by atoms with Gasteiger partial charge >= 0.3 is 0 Å². The van der Waals surface area contributed by atoms with E-state index in [1.807, 2.05) is 0 Å². The summed E-state index contributed by atoms with van der Waals surface area (Å²) in [4.78, 5) is 15.2.